The van der Waals surface area contributed by atoms with Gasteiger partial charge in [-0.3, -0.25) is 0 Å². The first-order chi connectivity index (χ1) is 34.2. The Bertz CT molecular complexity index is 4110. The number of aromatic nitrogens is 3. The number of rotatable bonds is 5. The van der Waals surface area contributed by atoms with Crippen molar-refractivity contribution in [2.75, 3.05) is 0 Å². The smallest absolute Gasteiger partial charge is 0.164 e. The molecule has 0 bridgehead atoms. The van der Waals surface area contributed by atoms with Crippen LogP contribution in [-0.2, 0) is 5.41 Å². The third-order valence-corrected chi connectivity index (χ3v) is 14.6. The molecule has 5 nitrogen and oxygen atoms in total. The van der Waals surface area contributed by atoms with E-state index in [1.165, 1.54) is 44.5 Å². The lowest BCUT2D eigenvalue weighted by Gasteiger charge is -2.31. The van der Waals surface area contributed by atoms with Gasteiger partial charge in [0.05, 0.1) is 5.41 Å². The van der Waals surface area contributed by atoms with Crippen molar-refractivity contribution in [2.24, 2.45) is 0 Å². The van der Waals surface area contributed by atoms with Gasteiger partial charge in [0.15, 0.2) is 17.5 Å². The third-order valence-electron chi connectivity index (χ3n) is 14.6. The van der Waals surface area contributed by atoms with Crippen molar-refractivity contribution in [1.82, 2.24) is 15.0 Å². The highest BCUT2D eigenvalue weighted by Crippen LogP contribution is 2.65. The van der Waals surface area contributed by atoms with Crippen LogP contribution in [0, 0.1) is 0 Å². The molecule has 0 N–H and O–H groups in total. The van der Waals surface area contributed by atoms with Crippen molar-refractivity contribution in [3.8, 4) is 78.7 Å². The molecule has 3 heterocycles. The van der Waals surface area contributed by atoms with E-state index in [0.29, 0.717) is 17.5 Å². The largest absolute Gasteiger partial charge is 0.456 e. The number of fused-ring (bicyclic) bond motifs is 17. The number of hydrogen-bond acceptors (Lipinski definition) is 5. The predicted molar refractivity (Wildman–Crippen MR) is 278 cm³/mol. The Kier molecular flexibility index (Phi) is 7.93. The normalized spacial score (nSPS) is 13.0. The van der Waals surface area contributed by atoms with Crippen molar-refractivity contribution in [1.29, 1.82) is 0 Å². The molecule has 0 atom stereocenters. The fraction of sp³-hybridized carbons (Fsp3) is 0.0156. The van der Waals surface area contributed by atoms with Gasteiger partial charge < -0.3 is 8.83 Å². The van der Waals surface area contributed by atoms with Crippen molar-refractivity contribution < 1.29 is 8.83 Å². The minimum absolute atomic E-state index is 0.561. The molecule has 10 aromatic carbocycles. The summed E-state index contributed by atoms with van der Waals surface area (Å²) >= 11 is 0. The number of nitrogens with zero attached hydrogens (tertiary/aromatic N) is 3. The van der Waals surface area contributed by atoms with Crippen molar-refractivity contribution in [3.05, 3.63) is 247 Å². The van der Waals surface area contributed by atoms with E-state index in [4.69, 9.17) is 23.8 Å². The van der Waals surface area contributed by atoms with Gasteiger partial charge in [-0.2, -0.15) is 0 Å². The van der Waals surface area contributed by atoms with Crippen LogP contribution in [-0.4, -0.2) is 15.0 Å². The Morgan fingerprint density at radius 2 is 0.797 bits per heavy atom. The molecular formula is C64H37N3O2. The van der Waals surface area contributed by atoms with Gasteiger partial charge in [-0.1, -0.05) is 188 Å². The fourth-order valence-corrected chi connectivity index (χ4v) is 11.7. The van der Waals surface area contributed by atoms with E-state index in [9.17, 15) is 0 Å². The standard InChI is InChI=1S/C64H37N3O2/c1-3-17-38(18-4-1)41-21-7-9-26-47(41)62-65-61(66-63(67-62)48-27-10-8-22-42(48)39-19-5-2-6-20-39)40-31-32-49-57(35-40)69-56-34-33-46-50-36-51-45-25-13-16-30-55(45)68-58(51)37-54(50)64(60(46)59(49)56)52-28-14-11-23-43(52)44-24-12-15-29-53(44)64/h1-37H. The van der Waals surface area contributed by atoms with Crippen molar-refractivity contribution in [2.45, 2.75) is 5.41 Å². The summed E-state index contributed by atoms with van der Waals surface area (Å²) in [6.07, 6.45) is 0. The highest BCUT2D eigenvalue weighted by molar-refractivity contribution is 6.16. The van der Waals surface area contributed by atoms with E-state index in [-0.39, 0.29) is 0 Å². The summed E-state index contributed by atoms with van der Waals surface area (Å²) in [5.41, 5.74) is 19.6. The number of hydrogen-bond donors (Lipinski definition) is 0. The number of furan rings is 2. The summed E-state index contributed by atoms with van der Waals surface area (Å²) in [6, 6.07) is 79.3. The monoisotopic (exact) mass is 879 g/mol. The summed E-state index contributed by atoms with van der Waals surface area (Å²) in [5.74, 6) is 1.75. The Morgan fingerprint density at radius 1 is 0.275 bits per heavy atom. The molecule has 0 aliphatic heterocycles. The minimum Gasteiger partial charge on any atom is -0.456 e. The first-order valence-electron chi connectivity index (χ1n) is 23.4. The van der Waals surface area contributed by atoms with E-state index < -0.39 is 5.41 Å². The summed E-state index contributed by atoms with van der Waals surface area (Å²) in [6.45, 7) is 0. The van der Waals surface area contributed by atoms with Crippen LogP contribution in [0.5, 0.6) is 0 Å². The second-order valence-corrected chi connectivity index (χ2v) is 18.1. The average Bonchev–Trinajstić information content (AvgIpc) is 4.15. The topological polar surface area (TPSA) is 65.0 Å². The molecule has 1 spiro atoms. The lowest BCUT2D eigenvalue weighted by molar-refractivity contribution is 0.666. The maximum absolute atomic E-state index is 7.03. The minimum atomic E-state index is -0.629. The Morgan fingerprint density at radius 3 is 1.45 bits per heavy atom. The quantitative estimate of drug-likeness (QED) is 0.172. The maximum Gasteiger partial charge on any atom is 0.164 e. The van der Waals surface area contributed by atoms with Crippen LogP contribution in [0.25, 0.3) is 123 Å². The van der Waals surface area contributed by atoms with E-state index in [2.05, 4.69) is 194 Å². The molecule has 0 amide bonds. The van der Waals surface area contributed by atoms with Gasteiger partial charge in [0.25, 0.3) is 0 Å². The second-order valence-electron chi connectivity index (χ2n) is 18.1. The average molecular weight is 880 g/mol. The third kappa shape index (κ3) is 5.38. The zero-order valence-electron chi connectivity index (χ0n) is 37.0. The maximum atomic E-state index is 7.03. The summed E-state index contributed by atoms with van der Waals surface area (Å²) in [4.78, 5) is 15.9. The van der Waals surface area contributed by atoms with Crippen LogP contribution in [0.3, 0.4) is 0 Å². The van der Waals surface area contributed by atoms with Gasteiger partial charge >= 0.3 is 0 Å². The van der Waals surface area contributed by atoms with E-state index in [1.807, 2.05) is 30.3 Å². The molecule has 0 fully saturated rings. The molecule has 0 saturated carbocycles. The summed E-state index contributed by atoms with van der Waals surface area (Å²) in [5, 5.41) is 4.36. The molecule has 2 aliphatic rings. The van der Waals surface area contributed by atoms with E-state index in [1.54, 1.807) is 0 Å². The molecule has 5 heteroatoms. The van der Waals surface area contributed by atoms with E-state index in [0.717, 1.165) is 82.8 Å². The molecule has 2 aliphatic carbocycles. The molecule has 3 aromatic heterocycles. The molecule has 320 valence electrons. The molecule has 0 saturated heterocycles. The van der Waals surface area contributed by atoms with Crippen LogP contribution < -0.4 is 0 Å². The second kappa shape index (κ2) is 14.4. The number of para-hydroxylation sites is 1. The molecule has 69 heavy (non-hydrogen) atoms. The van der Waals surface area contributed by atoms with E-state index >= 15 is 0 Å². The Hall–Kier alpha value is -9.19. The summed E-state index contributed by atoms with van der Waals surface area (Å²) in [7, 11) is 0. The number of benzene rings is 10. The fourth-order valence-electron chi connectivity index (χ4n) is 11.7. The zero-order chi connectivity index (χ0) is 45.2. The van der Waals surface area contributed by atoms with Crippen LogP contribution >= 0.6 is 0 Å². The van der Waals surface area contributed by atoms with Crippen LogP contribution in [0.15, 0.2) is 233 Å². The van der Waals surface area contributed by atoms with Crippen molar-refractivity contribution >= 4 is 43.9 Å². The van der Waals surface area contributed by atoms with Gasteiger partial charge in [-0.15, -0.1) is 0 Å². The first kappa shape index (κ1) is 38.0. The Labute approximate surface area is 396 Å². The van der Waals surface area contributed by atoms with Crippen molar-refractivity contribution in [3.63, 3.8) is 0 Å². The molecule has 0 radical (unpaired) electrons. The molecule has 0 unspecified atom stereocenters. The predicted octanol–water partition coefficient (Wildman–Crippen LogP) is 16.3. The van der Waals surface area contributed by atoms with Gasteiger partial charge in [0, 0.05) is 38.2 Å². The molecular weight excluding hydrogens is 843 g/mol. The lowest BCUT2D eigenvalue weighted by Crippen LogP contribution is -2.26. The van der Waals surface area contributed by atoms with Gasteiger partial charge in [0.2, 0.25) is 0 Å². The van der Waals surface area contributed by atoms with Crippen LogP contribution in [0.2, 0.25) is 0 Å². The van der Waals surface area contributed by atoms with Gasteiger partial charge in [-0.25, -0.2) is 15.0 Å². The highest BCUT2D eigenvalue weighted by atomic mass is 16.3. The van der Waals surface area contributed by atoms with Crippen LogP contribution in [0.4, 0.5) is 0 Å². The lowest BCUT2D eigenvalue weighted by atomic mass is 9.69. The van der Waals surface area contributed by atoms with Crippen LogP contribution in [0.1, 0.15) is 22.3 Å². The molecule has 13 aromatic rings. The van der Waals surface area contributed by atoms with Gasteiger partial charge in [-0.05, 0) is 103 Å². The zero-order valence-corrected chi connectivity index (χ0v) is 37.0. The molecule has 15 rings (SSSR count). The SMILES string of the molecule is c1ccc(-c2ccccc2-c2nc(-c3ccc4c(c3)oc3ccc5c(c34)C3(c4ccccc4-c4ccccc43)c3cc4oc6ccccc6c4cc3-5)nc(-c3ccccc3-c3ccccc3)n2)cc1. The summed E-state index contributed by atoms with van der Waals surface area (Å²) < 4.78 is 13.7. The Balaban J connectivity index is 0.978. The highest BCUT2D eigenvalue weighted by Gasteiger charge is 2.53. The first-order valence-corrected chi connectivity index (χ1v) is 23.4. The van der Waals surface area contributed by atoms with Gasteiger partial charge in [0.1, 0.15) is 22.3 Å².